The summed E-state index contributed by atoms with van der Waals surface area (Å²) >= 11 is 9.47. The Morgan fingerprint density at radius 1 is 1.35 bits per heavy atom. The van der Waals surface area contributed by atoms with Gasteiger partial charge in [-0.05, 0) is 45.0 Å². The van der Waals surface area contributed by atoms with E-state index in [2.05, 4.69) is 27.3 Å². The van der Waals surface area contributed by atoms with Crippen molar-refractivity contribution in [2.75, 3.05) is 6.61 Å². The van der Waals surface area contributed by atoms with Gasteiger partial charge in [-0.15, -0.1) is 0 Å². The molecule has 0 saturated heterocycles. The van der Waals surface area contributed by atoms with Gasteiger partial charge in [0.2, 0.25) is 0 Å². The third-order valence-corrected chi connectivity index (χ3v) is 5.00. The second-order valence-electron chi connectivity index (χ2n) is 7.09. The van der Waals surface area contributed by atoms with Crippen molar-refractivity contribution >= 4 is 33.4 Å². The lowest BCUT2D eigenvalue weighted by Crippen LogP contribution is -2.42. The minimum Gasteiger partial charge on any atom is -0.487 e. The van der Waals surface area contributed by atoms with E-state index in [4.69, 9.17) is 21.1 Å². The number of hydrogen-bond donors (Lipinski definition) is 1. The summed E-state index contributed by atoms with van der Waals surface area (Å²) < 4.78 is 12.5. The Morgan fingerprint density at radius 3 is 2.85 bits per heavy atom. The fourth-order valence-electron chi connectivity index (χ4n) is 3.07. The van der Waals surface area contributed by atoms with Gasteiger partial charge in [-0.3, -0.25) is 4.79 Å². The van der Waals surface area contributed by atoms with Gasteiger partial charge in [0, 0.05) is 16.5 Å². The summed E-state index contributed by atoms with van der Waals surface area (Å²) in [6.07, 6.45) is 0.689. The van der Waals surface area contributed by atoms with Gasteiger partial charge in [0.1, 0.15) is 17.1 Å². The minimum atomic E-state index is -0.351. The third-order valence-electron chi connectivity index (χ3n) is 4.21. The van der Waals surface area contributed by atoms with Crippen LogP contribution < -0.4 is 14.8 Å². The summed E-state index contributed by atoms with van der Waals surface area (Å²) in [6, 6.07) is 11.2. The second kappa shape index (κ2) is 7.49. The largest absolute Gasteiger partial charge is 0.487 e. The van der Waals surface area contributed by atoms with Crippen molar-refractivity contribution in [3.05, 3.63) is 57.0 Å². The van der Waals surface area contributed by atoms with Crippen LogP contribution in [0.1, 0.15) is 37.4 Å². The van der Waals surface area contributed by atoms with Crippen LogP contribution in [0.4, 0.5) is 0 Å². The Labute approximate surface area is 167 Å². The SMILES string of the molecule is Cc1ccc2c(c1)[C@H](NC(=O)COc1ccc(Br)cc1Cl)CC(C)(C)O2. The molecule has 2 aromatic rings. The van der Waals surface area contributed by atoms with E-state index in [0.717, 1.165) is 21.3 Å². The number of benzene rings is 2. The van der Waals surface area contributed by atoms with Crippen molar-refractivity contribution < 1.29 is 14.3 Å². The molecule has 1 heterocycles. The van der Waals surface area contributed by atoms with Crippen LogP contribution in [0.3, 0.4) is 0 Å². The van der Waals surface area contributed by atoms with Crippen LogP contribution in [-0.2, 0) is 4.79 Å². The highest BCUT2D eigenvalue weighted by Crippen LogP contribution is 2.39. The zero-order chi connectivity index (χ0) is 18.9. The molecule has 6 heteroatoms. The summed E-state index contributed by atoms with van der Waals surface area (Å²) in [5.74, 6) is 1.10. The number of ether oxygens (including phenoxy) is 2. The number of carbonyl (C=O) groups is 1. The number of aryl methyl sites for hydroxylation is 1. The van der Waals surface area contributed by atoms with Crippen molar-refractivity contribution in [1.82, 2.24) is 5.32 Å². The third kappa shape index (κ3) is 4.51. The standard InChI is InChI=1S/C20H21BrClNO3/c1-12-4-6-17-14(8-12)16(10-20(2,3)26-17)23-19(24)11-25-18-7-5-13(21)9-15(18)22/h4-9,16H,10-11H2,1-3H3,(H,23,24)/t16-/m1/s1. The molecule has 0 spiro atoms. The Morgan fingerprint density at radius 2 is 2.12 bits per heavy atom. The lowest BCUT2D eigenvalue weighted by atomic mass is 9.89. The maximum atomic E-state index is 12.4. The van der Waals surface area contributed by atoms with Crippen LogP contribution in [0.5, 0.6) is 11.5 Å². The average molecular weight is 439 g/mol. The van der Waals surface area contributed by atoms with E-state index < -0.39 is 0 Å². The van der Waals surface area contributed by atoms with E-state index in [-0.39, 0.29) is 24.2 Å². The van der Waals surface area contributed by atoms with Crippen molar-refractivity contribution in [3.63, 3.8) is 0 Å². The Bertz CT molecular complexity index is 838. The highest BCUT2D eigenvalue weighted by molar-refractivity contribution is 9.10. The Balaban J connectivity index is 1.70. The molecule has 26 heavy (non-hydrogen) atoms. The Kier molecular flexibility index (Phi) is 5.49. The van der Waals surface area contributed by atoms with E-state index in [1.54, 1.807) is 12.1 Å². The minimum absolute atomic E-state index is 0.0969. The molecule has 0 aromatic heterocycles. The van der Waals surface area contributed by atoms with Gasteiger partial charge in [0.15, 0.2) is 6.61 Å². The predicted octanol–water partition coefficient (Wildman–Crippen LogP) is 5.21. The predicted molar refractivity (Wildman–Crippen MR) is 106 cm³/mol. The number of hydrogen-bond acceptors (Lipinski definition) is 3. The normalized spacial score (nSPS) is 17.8. The quantitative estimate of drug-likeness (QED) is 0.713. The number of fused-ring (bicyclic) bond motifs is 1. The van der Waals surface area contributed by atoms with E-state index in [9.17, 15) is 4.79 Å². The number of amides is 1. The molecule has 3 rings (SSSR count). The van der Waals surface area contributed by atoms with Gasteiger partial charge >= 0.3 is 0 Å². The first kappa shape index (κ1) is 19.1. The number of rotatable bonds is 4. The van der Waals surface area contributed by atoms with Gasteiger partial charge in [0.25, 0.3) is 5.91 Å². The van der Waals surface area contributed by atoms with Crippen molar-refractivity contribution in [2.45, 2.75) is 38.8 Å². The molecule has 1 atom stereocenters. The zero-order valence-electron chi connectivity index (χ0n) is 14.9. The molecule has 0 bridgehead atoms. The summed E-state index contributed by atoms with van der Waals surface area (Å²) in [7, 11) is 0. The summed E-state index contributed by atoms with van der Waals surface area (Å²) in [6.45, 7) is 5.97. The molecule has 4 nitrogen and oxygen atoms in total. The van der Waals surface area contributed by atoms with Crippen molar-refractivity contribution in [3.8, 4) is 11.5 Å². The van der Waals surface area contributed by atoms with Crippen LogP contribution in [-0.4, -0.2) is 18.1 Å². The van der Waals surface area contributed by atoms with Gasteiger partial charge in [-0.2, -0.15) is 0 Å². The molecule has 0 radical (unpaired) electrons. The maximum Gasteiger partial charge on any atom is 0.258 e. The van der Waals surface area contributed by atoms with Crippen molar-refractivity contribution in [1.29, 1.82) is 0 Å². The topological polar surface area (TPSA) is 47.6 Å². The summed E-state index contributed by atoms with van der Waals surface area (Å²) in [5, 5.41) is 3.52. The molecular formula is C20H21BrClNO3. The molecule has 0 saturated carbocycles. The summed E-state index contributed by atoms with van der Waals surface area (Å²) in [4.78, 5) is 12.4. The van der Waals surface area contributed by atoms with E-state index in [1.807, 2.05) is 39.0 Å². The lowest BCUT2D eigenvalue weighted by Gasteiger charge is -2.38. The first-order valence-corrected chi connectivity index (χ1v) is 9.57. The smallest absolute Gasteiger partial charge is 0.258 e. The molecular weight excluding hydrogens is 418 g/mol. The van der Waals surface area contributed by atoms with Gasteiger partial charge in [-0.1, -0.05) is 45.2 Å². The maximum absolute atomic E-state index is 12.4. The number of carbonyl (C=O) groups excluding carboxylic acids is 1. The van der Waals surface area contributed by atoms with Crippen LogP contribution in [0.15, 0.2) is 40.9 Å². The molecule has 1 N–H and O–H groups in total. The second-order valence-corrected chi connectivity index (χ2v) is 8.41. The first-order chi connectivity index (χ1) is 12.2. The molecule has 1 aliphatic heterocycles. The van der Waals surface area contributed by atoms with Crippen LogP contribution >= 0.6 is 27.5 Å². The molecule has 1 aliphatic rings. The van der Waals surface area contributed by atoms with Crippen LogP contribution in [0.25, 0.3) is 0 Å². The molecule has 0 aliphatic carbocycles. The average Bonchev–Trinajstić information content (AvgIpc) is 2.54. The first-order valence-electron chi connectivity index (χ1n) is 8.40. The molecule has 2 aromatic carbocycles. The van der Waals surface area contributed by atoms with Crippen LogP contribution in [0.2, 0.25) is 5.02 Å². The highest BCUT2D eigenvalue weighted by Gasteiger charge is 2.34. The highest BCUT2D eigenvalue weighted by atomic mass is 79.9. The fourth-order valence-corrected chi connectivity index (χ4v) is 3.80. The molecule has 0 fully saturated rings. The zero-order valence-corrected chi connectivity index (χ0v) is 17.3. The van der Waals surface area contributed by atoms with Crippen LogP contribution in [0, 0.1) is 6.92 Å². The molecule has 138 valence electrons. The number of nitrogens with one attached hydrogen (secondary N) is 1. The number of halogens is 2. The van der Waals surface area contributed by atoms with Gasteiger partial charge < -0.3 is 14.8 Å². The fraction of sp³-hybridized carbons (Fsp3) is 0.350. The Hall–Kier alpha value is -1.72. The van der Waals surface area contributed by atoms with E-state index >= 15 is 0 Å². The lowest BCUT2D eigenvalue weighted by molar-refractivity contribution is -0.124. The van der Waals surface area contributed by atoms with Gasteiger partial charge in [-0.25, -0.2) is 0 Å². The summed E-state index contributed by atoms with van der Waals surface area (Å²) in [5.41, 5.74) is 1.78. The van der Waals surface area contributed by atoms with E-state index in [0.29, 0.717) is 17.2 Å². The molecule has 1 amide bonds. The van der Waals surface area contributed by atoms with E-state index in [1.165, 1.54) is 0 Å². The molecule has 0 unspecified atom stereocenters. The monoisotopic (exact) mass is 437 g/mol. The van der Waals surface area contributed by atoms with Gasteiger partial charge in [0.05, 0.1) is 11.1 Å². The van der Waals surface area contributed by atoms with Crippen molar-refractivity contribution in [2.24, 2.45) is 0 Å².